The number of anilines is 2. The smallest absolute Gasteiger partial charge is 0.255 e. The van der Waals surface area contributed by atoms with E-state index in [1.807, 2.05) is 42.5 Å². The summed E-state index contributed by atoms with van der Waals surface area (Å²) >= 11 is 7.52. The number of carbonyl (C=O) groups excluding carboxylic acids is 2. The number of nitrogens with one attached hydrogen (secondary N) is 1. The number of nitrogens with zero attached hydrogens (tertiary/aromatic N) is 1. The van der Waals surface area contributed by atoms with Crippen LogP contribution in [0.25, 0.3) is 0 Å². The summed E-state index contributed by atoms with van der Waals surface area (Å²) in [5.74, 6) is 1.51. The van der Waals surface area contributed by atoms with Crippen molar-refractivity contribution in [3.63, 3.8) is 0 Å². The largest absolute Gasteiger partial charge is 0.454 e. The molecule has 0 aliphatic carbocycles. The first-order valence-electron chi connectivity index (χ1n) is 9.59. The van der Waals surface area contributed by atoms with E-state index in [0.717, 1.165) is 11.3 Å². The first-order valence-corrected chi connectivity index (χ1v) is 11.0. The van der Waals surface area contributed by atoms with E-state index in [2.05, 4.69) is 5.32 Å². The zero-order chi connectivity index (χ0) is 21.4. The van der Waals surface area contributed by atoms with Crippen LogP contribution in [0.5, 0.6) is 11.5 Å². The van der Waals surface area contributed by atoms with E-state index in [0.29, 0.717) is 33.5 Å². The van der Waals surface area contributed by atoms with Gasteiger partial charge in [-0.25, -0.2) is 0 Å². The number of hydrogen-bond acceptors (Lipinski definition) is 5. The van der Waals surface area contributed by atoms with Crippen LogP contribution in [0, 0.1) is 0 Å². The number of ether oxygens (including phenoxy) is 2. The van der Waals surface area contributed by atoms with Crippen LogP contribution in [-0.4, -0.2) is 24.4 Å². The maximum absolute atomic E-state index is 12.6. The second kappa shape index (κ2) is 8.17. The number of amides is 2. The van der Waals surface area contributed by atoms with Gasteiger partial charge in [0.15, 0.2) is 11.5 Å². The van der Waals surface area contributed by atoms with Crippen LogP contribution in [0.2, 0.25) is 5.02 Å². The van der Waals surface area contributed by atoms with E-state index < -0.39 is 0 Å². The zero-order valence-electron chi connectivity index (χ0n) is 16.2. The lowest BCUT2D eigenvalue weighted by molar-refractivity contribution is -0.115. The average molecular weight is 453 g/mol. The summed E-state index contributed by atoms with van der Waals surface area (Å²) in [6, 6.07) is 19.8. The summed E-state index contributed by atoms with van der Waals surface area (Å²) in [7, 11) is 0. The molecular weight excluding hydrogens is 436 g/mol. The van der Waals surface area contributed by atoms with Crippen molar-refractivity contribution in [3.8, 4) is 11.5 Å². The number of halogens is 1. The Morgan fingerprint density at radius 1 is 1.03 bits per heavy atom. The summed E-state index contributed by atoms with van der Waals surface area (Å²) in [5, 5.41) is 3.22. The molecule has 1 fully saturated rings. The molecule has 8 heteroatoms. The second-order valence-corrected chi connectivity index (χ2v) is 8.56. The van der Waals surface area contributed by atoms with Crippen LogP contribution in [-0.2, 0) is 4.79 Å². The molecule has 3 aromatic rings. The summed E-state index contributed by atoms with van der Waals surface area (Å²) in [6.45, 7) is 0.188. The Morgan fingerprint density at radius 3 is 2.65 bits per heavy atom. The molecule has 6 nitrogen and oxygen atoms in total. The SMILES string of the molecule is O=C(Nc1ccc(C2SCC(=O)N2c2ccc3c(c2)OCO3)cc1)c1cccc(Cl)c1. The van der Waals surface area contributed by atoms with Crippen LogP contribution >= 0.6 is 23.4 Å². The van der Waals surface area contributed by atoms with Crippen molar-refractivity contribution in [2.45, 2.75) is 5.37 Å². The molecule has 0 saturated carbocycles. The fourth-order valence-corrected chi connectivity index (χ4v) is 4.92. The van der Waals surface area contributed by atoms with Gasteiger partial charge in [0.1, 0.15) is 5.37 Å². The van der Waals surface area contributed by atoms with Crippen molar-refractivity contribution in [1.82, 2.24) is 0 Å². The third-order valence-electron chi connectivity index (χ3n) is 5.04. The molecule has 1 N–H and O–H groups in total. The molecule has 0 aromatic heterocycles. The zero-order valence-corrected chi connectivity index (χ0v) is 17.8. The molecule has 1 saturated heterocycles. The molecule has 156 valence electrons. The minimum atomic E-state index is -0.234. The first kappa shape index (κ1) is 19.8. The molecule has 5 rings (SSSR count). The summed E-state index contributed by atoms with van der Waals surface area (Å²) in [6.07, 6.45) is 0. The molecule has 3 aromatic carbocycles. The van der Waals surface area contributed by atoms with Crippen LogP contribution in [0.1, 0.15) is 21.3 Å². The second-order valence-electron chi connectivity index (χ2n) is 7.05. The highest BCUT2D eigenvalue weighted by molar-refractivity contribution is 8.00. The fourth-order valence-electron chi connectivity index (χ4n) is 3.55. The van der Waals surface area contributed by atoms with E-state index in [4.69, 9.17) is 21.1 Å². The van der Waals surface area contributed by atoms with Crippen LogP contribution in [0.3, 0.4) is 0 Å². The fraction of sp³-hybridized carbons (Fsp3) is 0.130. The van der Waals surface area contributed by atoms with E-state index in [1.54, 1.807) is 40.9 Å². The highest BCUT2D eigenvalue weighted by Crippen LogP contribution is 2.44. The predicted octanol–water partition coefficient (Wildman–Crippen LogP) is 5.10. The van der Waals surface area contributed by atoms with Gasteiger partial charge in [0.25, 0.3) is 5.91 Å². The molecular formula is C23H17ClN2O4S. The molecule has 2 amide bonds. The van der Waals surface area contributed by atoms with E-state index in [1.165, 1.54) is 0 Å². The van der Waals surface area contributed by atoms with Crippen molar-refractivity contribution in [1.29, 1.82) is 0 Å². The molecule has 0 bridgehead atoms. The maximum atomic E-state index is 12.6. The third-order valence-corrected chi connectivity index (χ3v) is 6.49. The van der Waals surface area contributed by atoms with Gasteiger partial charge >= 0.3 is 0 Å². The minimum Gasteiger partial charge on any atom is -0.454 e. The number of thioether (sulfide) groups is 1. The van der Waals surface area contributed by atoms with E-state index in [-0.39, 0.29) is 24.0 Å². The molecule has 2 aliphatic rings. The Hall–Kier alpha value is -3.16. The number of fused-ring (bicyclic) bond motifs is 1. The highest BCUT2D eigenvalue weighted by Gasteiger charge is 2.34. The number of carbonyl (C=O) groups is 2. The van der Waals surface area contributed by atoms with Crippen molar-refractivity contribution in [3.05, 3.63) is 82.9 Å². The summed E-state index contributed by atoms with van der Waals surface area (Å²) < 4.78 is 10.8. The van der Waals surface area contributed by atoms with Crippen molar-refractivity contribution < 1.29 is 19.1 Å². The van der Waals surface area contributed by atoms with Crippen molar-refractivity contribution in [2.24, 2.45) is 0 Å². The molecule has 2 heterocycles. The summed E-state index contributed by atoms with van der Waals surface area (Å²) in [4.78, 5) is 26.8. The highest BCUT2D eigenvalue weighted by atomic mass is 35.5. The third kappa shape index (κ3) is 3.94. The van der Waals surface area contributed by atoms with Gasteiger partial charge in [-0.15, -0.1) is 11.8 Å². The normalized spacial score (nSPS) is 17.1. The standard InChI is InChI=1S/C23H17ClN2O4S/c24-16-3-1-2-15(10-16)22(28)25-17-6-4-14(5-7-17)23-26(21(27)12-31-23)18-8-9-19-20(11-18)30-13-29-19/h1-11,23H,12-13H2,(H,25,28). The minimum absolute atomic E-state index is 0.0344. The molecule has 1 unspecified atom stereocenters. The molecule has 1 atom stereocenters. The van der Waals surface area contributed by atoms with Gasteiger partial charge in [0, 0.05) is 28.0 Å². The average Bonchev–Trinajstić information content (AvgIpc) is 3.40. The molecule has 0 radical (unpaired) electrons. The quantitative estimate of drug-likeness (QED) is 0.596. The van der Waals surface area contributed by atoms with E-state index in [9.17, 15) is 9.59 Å². The van der Waals surface area contributed by atoms with Gasteiger partial charge in [-0.2, -0.15) is 0 Å². The Labute approximate surface area is 188 Å². The first-order chi connectivity index (χ1) is 15.1. The lowest BCUT2D eigenvalue weighted by atomic mass is 10.1. The van der Waals surface area contributed by atoms with Gasteiger partial charge in [-0.3, -0.25) is 14.5 Å². The van der Waals surface area contributed by atoms with Gasteiger partial charge < -0.3 is 14.8 Å². The molecule has 0 spiro atoms. The van der Waals surface area contributed by atoms with Crippen LogP contribution in [0.4, 0.5) is 11.4 Å². The van der Waals surface area contributed by atoms with Gasteiger partial charge in [0.05, 0.1) is 5.75 Å². The molecule has 2 aliphatic heterocycles. The van der Waals surface area contributed by atoms with Crippen molar-refractivity contribution >= 4 is 46.6 Å². The number of rotatable bonds is 4. The molecule has 31 heavy (non-hydrogen) atoms. The van der Waals surface area contributed by atoms with Gasteiger partial charge in [0.2, 0.25) is 12.7 Å². The topological polar surface area (TPSA) is 67.9 Å². The Balaban J connectivity index is 1.35. The predicted molar refractivity (Wildman–Crippen MR) is 121 cm³/mol. The van der Waals surface area contributed by atoms with Crippen molar-refractivity contribution in [2.75, 3.05) is 22.8 Å². The van der Waals surface area contributed by atoms with Gasteiger partial charge in [-0.05, 0) is 48.0 Å². The monoisotopic (exact) mass is 452 g/mol. The Kier molecular flexibility index (Phi) is 5.21. The number of benzene rings is 3. The Bertz CT molecular complexity index is 1170. The van der Waals surface area contributed by atoms with E-state index >= 15 is 0 Å². The van der Waals surface area contributed by atoms with Gasteiger partial charge in [-0.1, -0.05) is 29.8 Å². The van der Waals surface area contributed by atoms with Crippen LogP contribution < -0.4 is 19.7 Å². The lowest BCUT2D eigenvalue weighted by Crippen LogP contribution is -2.27. The lowest BCUT2D eigenvalue weighted by Gasteiger charge is -2.24. The summed E-state index contributed by atoms with van der Waals surface area (Å²) in [5.41, 5.74) is 2.89. The Morgan fingerprint density at radius 2 is 1.84 bits per heavy atom. The van der Waals surface area contributed by atoms with Crippen LogP contribution in [0.15, 0.2) is 66.7 Å². The maximum Gasteiger partial charge on any atom is 0.255 e. The number of hydrogen-bond donors (Lipinski definition) is 1.